The monoisotopic (exact) mass is 507 g/mol. The molecule has 154 valence electrons. The molecule has 1 aliphatic rings. The lowest BCUT2D eigenvalue weighted by atomic mass is 9.64. The lowest BCUT2D eigenvalue weighted by molar-refractivity contribution is -0.137. The number of nitrogens with zero attached hydrogens (tertiary/aromatic N) is 3. The fourth-order valence-electron chi connectivity index (χ4n) is 3.42. The molecule has 28 heavy (non-hydrogen) atoms. The van der Waals surface area contributed by atoms with Crippen LogP contribution < -0.4 is 10.6 Å². The van der Waals surface area contributed by atoms with E-state index in [-0.39, 0.29) is 29.4 Å². The van der Waals surface area contributed by atoms with Crippen molar-refractivity contribution in [1.82, 2.24) is 20.4 Å². The van der Waals surface area contributed by atoms with Crippen molar-refractivity contribution < 1.29 is 13.2 Å². The SMILES string of the molecule is CN=C(NCc1ccnn1C)NCC1(c2cccc(C(F)(F)F)c2)CCC1.I. The number of alkyl halides is 3. The average Bonchev–Trinajstić information content (AvgIpc) is 3.01. The highest BCUT2D eigenvalue weighted by molar-refractivity contribution is 14.0. The zero-order valence-electron chi connectivity index (χ0n) is 15.9. The van der Waals surface area contributed by atoms with Crippen molar-refractivity contribution in [2.45, 2.75) is 37.4 Å². The largest absolute Gasteiger partial charge is 0.416 e. The van der Waals surface area contributed by atoms with E-state index in [1.54, 1.807) is 24.0 Å². The predicted octanol–water partition coefficient (Wildman–Crippen LogP) is 3.84. The quantitative estimate of drug-likeness (QED) is 0.368. The molecule has 1 saturated carbocycles. The normalized spacial score (nSPS) is 16.1. The van der Waals surface area contributed by atoms with E-state index in [0.29, 0.717) is 19.0 Å². The molecule has 1 aromatic heterocycles. The second-order valence-electron chi connectivity index (χ2n) is 6.94. The van der Waals surface area contributed by atoms with Crippen molar-refractivity contribution in [3.63, 3.8) is 0 Å². The van der Waals surface area contributed by atoms with Gasteiger partial charge >= 0.3 is 6.18 Å². The minimum atomic E-state index is -4.32. The molecule has 1 aromatic carbocycles. The van der Waals surface area contributed by atoms with E-state index >= 15 is 0 Å². The lowest BCUT2D eigenvalue weighted by Gasteiger charge is -2.43. The minimum absolute atomic E-state index is 0. The van der Waals surface area contributed by atoms with Gasteiger partial charge in [0.25, 0.3) is 0 Å². The van der Waals surface area contributed by atoms with Crippen molar-refractivity contribution in [3.8, 4) is 0 Å². The van der Waals surface area contributed by atoms with E-state index in [9.17, 15) is 13.2 Å². The molecule has 9 heteroatoms. The van der Waals surface area contributed by atoms with Crippen LogP contribution in [0.4, 0.5) is 13.2 Å². The third kappa shape index (κ3) is 4.98. The van der Waals surface area contributed by atoms with Gasteiger partial charge in [-0.1, -0.05) is 24.6 Å². The molecule has 0 saturated heterocycles. The van der Waals surface area contributed by atoms with E-state index in [2.05, 4.69) is 20.7 Å². The maximum absolute atomic E-state index is 13.1. The number of rotatable bonds is 5. The Hall–Kier alpha value is -1.78. The molecule has 1 heterocycles. The van der Waals surface area contributed by atoms with Gasteiger partial charge in [0.2, 0.25) is 0 Å². The summed E-state index contributed by atoms with van der Waals surface area (Å²) in [6.07, 6.45) is 0.137. The molecule has 2 N–H and O–H groups in total. The molecular formula is C19H25F3IN5. The molecule has 0 amide bonds. The van der Waals surface area contributed by atoms with Gasteiger partial charge in [-0.3, -0.25) is 9.67 Å². The van der Waals surface area contributed by atoms with Gasteiger partial charge in [0.1, 0.15) is 0 Å². The average molecular weight is 507 g/mol. The van der Waals surface area contributed by atoms with Gasteiger partial charge in [0.15, 0.2) is 5.96 Å². The molecule has 1 fully saturated rings. The number of hydrogen-bond acceptors (Lipinski definition) is 2. The summed E-state index contributed by atoms with van der Waals surface area (Å²) in [6, 6.07) is 7.61. The first-order valence-electron chi connectivity index (χ1n) is 8.93. The number of aryl methyl sites for hydroxylation is 1. The second-order valence-corrected chi connectivity index (χ2v) is 6.94. The van der Waals surface area contributed by atoms with Crippen molar-refractivity contribution in [3.05, 3.63) is 53.3 Å². The van der Waals surface area contributed by atoms with Gasteiger partial charge in [-0.05, 0) is 30.5 Å². The Balaban J connectivity index is 0.00000280. The summed E-state index contributed by atoms with van der Waals surface area (Å²) in [4.78, 5) is 4.21. The van der Waals surface area contributed by atoms with Crippen LogP contribution in [0, 0.1) is 0 Å². The Bertz CT molecular complexity index is 812. The molecule has 2 aromatic rings. The first kappa shape index (κ1) is 22.5. The molecule has 1 aliphatic carbocycles. The van der Waals surface area contributed by atoms with E-state index in [0.717, 1.165) is 36.6 Å². The highest BCUT2D eigenvalue weighted by Gasteiger charge is 2.40. The first-order chi connectivity index (χ1) is 12.8. The lowest BCUT2D eigenvalue weighted by Crippen LogP contribution is -2.48. The summed E-state index contributed by atoms with van der Waals surface area (Å²) in [5.74, 6) is 0.620. The third-order valence-corrected chi connectivity index (χ3v) is 5.29. The zero-order chi connectivity index (χ0) is 19.5. The van der Waals surface area contributed by atoms with Gasteiger partial charge in [-0.15, -0.1) is 24.0 Å². The Labute approximate surface area is 179 Å². The first-order valence-corrected chi connectivity index (χ1v) is 8.93. The van der Waals surface area contributed by atoms with Gasteiger partial charge in [0, 0.05) is 32.3 Å². The highest BCUT2D eigenvalue weighted by Crippen LogP contribution is 2.44. The van der Waals surface area contributed by atoms with Crippen LogP contribution in [0.5, 0.6) is 0 Å². The maximum Gasteiger partial charge on any atom is 0.416 e. The van der Waals surface area contributed by atoms with E-state index < -0.39 is 11.7 Å². The summed E-state index contributed by atoms with van der Waals surface area (Å²) in [5.41, 5.74) is 0.864. The minimum Gasteiger partial charge on any atom is -0.356 e. The number of guanidine groups is 1. The van der Waals surface area contributed by atoms with Crippen molar-refractivity contribution in [2.75, 3.05) is 13.6 Å². The van der Waals surface area contributed by atoms with Crippen molar-refractivity contribution in [2.24, 2.45) is 12.0 Å². The fraction of sp³-hybridized carbons (Fsp3) is 0.474. The standard InChI is InChI=1S/C19H24F3N5.HI/c1-23-17(24-12-16-7-10-26-27(16)2)25-13-18(8-4-9-18)14-5-3-6-15(11-14)19(20,21)22;/h3,5-7,10-11H,4,8-9,12-13H2,1-2H3,(H2,23,24,25);1H. The third-order valence-electron chi connectivity index (χ3n) is 5.29. The maximum atomic E-state index is 13.1. The Morgan fingerprint density at radius 2 is 2.00 bits per heavy atom. The van der Waals surface area contributed by atoms with Gasteiger partial charge < -0.3 is 10.6 Å². The summed E-state index contributed by atoms with van der Waals surface area (Å²) < 4.78 is 41.0. The number of nitrogens with one attached hydrogen (secondary N) is 2. The molecular weight excluding hydrogens is 482 g/mol. The van der Waals surface area contributed by atoms with Crippen LogP contribution in [-0.2, 0) is 25.2 Å². The second kappa shape index (κ2) is 9.15. The zero-order valence-corrected chi connectivity index (χ0v) is 18.2. The molecule has 0 aliphatic heterocycles. The van der Waals surface area contributed by atoms with Gasteiger partial charge in [-0.2, -0.15) is 18.3 Å². The van der Waals surface area contributed by atoms with Crippen LogP contribution in [0.15, 0.2) is 41.5 Å². The smallest absolute Gasteiger partial charge is 0.356 e. The van der Waals surface area contributed by atoms with Crippen LogP contribution in [0.3, 0.4) is 0 Å². The summed E-state index contributed by atoms with van der Waals surface area (Å²) in [5, 5.41) is 10.6. The number of halogens is 4. The summed E-state index contributed by atoms with van der Waals surface area (Å²) >= 11 is 0. The molecule has 0 unspecified atom stereocenters. The topological polar surface area (TPSA) is 54.2 Å². The van der Waals surface area contributed by atoms with Crippen LogP contribution >= 0.6 is 24.0 Å². The molecule has 0 bridgehead atoms. The number of aliphatic imine (C=N–C) groups is 1. The van der Waals surface area contributed by atoms with Crippen LogP contribution in [0.25, 0.3) is 0 Å². The van der Waals surface area contributed by atoms with Crippen LogP contribution in [-0.4, -0.2) is 29.3 Å². The number of hydrogen-bond donors (Lipinski definition) is 2. The molecule has 5 nitrogen and oxygen atoms in total. The molecule has 0 spiro atoms. The van der Waals surface area contributed by atoms with E-state index in [1.807, 2.05) is 13.1 Å². The molecule has 0 radical (unpaired) electrons. The molecule has 3 rings (SSSR count). The Morgan fingerprint density at radius 3 is 2.54 bits per heavy atom. The van der Waals surface area contributed by atoms with Crippen molar-refractivity contribution >= 4 is 29.9 Å². The number of benzene rings is 1. The number of aromatic nitrogens is 2. The predicted molar refractivity (Wildman–Crippen MR) is 114 cm³/mol. The molecule has 0 atom stereocenters. The van der Waals surface area contributed by atoms with Gasteiger partial charge in [-0.25, -0.2) is 0 Å². The van der Waals surface area contributed by atoms with Gasteiger partial charge in [0.05, 0.1) is 17.8 Å². The van der Waals surface area contributed by atoms with Crippen LogP contribution in [0.2, 0.25) is 0 Å². The summed E-state index contributed by atoms with van der Waals surface area (Å²) in [7, 11) is 3.54. The van der Waals surface area contributed by atoms with E-state index in [1.165, 1.54) is 12.1 Å². The highest BCUT2D eigenvalue weighted by atomic mass is 127. The van der Waals surface area contributed by atoms with Crippen molar-refractivity contribution in [1.29, 1.82) is 0 Å². The Kier molecular flexibility index (Phi) is 7.35. The Morgan fingerprint density at radius 1 is 1.25 bits per heavy atom. The fourth-order valence-corrected chi connectivity index (χ4v) is 3.42. The summed E-state index contributed by atoms with van der Waals surface area (Å²) in [6.45, 7) is 1.10. The van der Waals surface area contributed by atoms with E-state index in [4.69, 9.17) is 0 Å². The van der Waals surface area contributed by atoms with Crippen LogP contribution in [0.1, 0.15) is 36.1 Å².